The number of nitrogens with two attached hydrogens (primary N) is 1. The highest BCUT2D eigenvalue weighted by molar-refractivity contribution is 9.10. The number of imidazole rings is 1. The summed E-state index contributed by atoms with van der Waals surface area (Å²) >= 11 is 5.11. The van der Waals surface area contributed by atoms with Crippen molar-refractivity contribution in [2.24, 2.45) is 5.92 Å². The van der Waals surface area contributed by atoms with Gasteiger partial charge in [0.1, 0.15) is 12.4 Å². The number of likely N-dealkylation sites (tertiary alicyclic amines) is 1. The summed E-state index contributed by atoms with van der Waals surface area (Å²) in [4.78, 5) is 28.3. The third-order valence-electron chi connectivity index (χ3n) is 6.10. The molecule has 1 amide bonds. The quantitative estimate of drug-likeness (QED) is 0.477. The van der Waals surface area contributed by atoms with Crippen LogP contribution in [0.3, 0.4) is 0 Å². The van der Waals surface area contributed by atoms with Gasteiger partial charge < -0.3 is 29.8 Å². The number of carbonyl (C=O) groups excluding carboxylic acids is 1. The number of rotatable bonds is 6. The molecule has 2 aliphatic heterocycles. The summed E-state index contributed by atoms with van der Waals surface area (Å²) in [5.41, 5.74) is 7.35. The monoisotopic (exact) mass is 548 g/mol. The molecule has 0 bridgehead atoms. The number of hydrogen-bond donors (Lipinski definition) is 2. The molecular formula is C22H25BrN6O4S. The summed E-state index contributed by atoms with van der Waals surface area (Å²) in [6.45, 7) is 3.72. The summed E-state index contributed by atoms with van der Waals surface area (Å²) < 4.78 is 13.9. The summed E-state index contributed by atoms with van der Waals surface area (Å²) in [6, 6.07) is 3.82. The number of nitrogens with zero attached hydrogens (tertiary/aromatic N) is 5. The normalized spacial score (nSPS) is 18.4. The Kier molecular flexibility index (Phi) is 6.54. The van der Waals surface area contributed by atoms with E-state index in [4.69, 9.17) is 20.2 Å². The first-order valence-electron chi connectivity index (χ1n) is 11.1. The number of ether oxygens (including phenoxy) is 2. The minimum Gasteiger partial charge on any atom is -0.454 e. The molecule has 3 aromatic rings. The zero-order valence-corrected chi connectivity index (χ0v) is 21.0. The fourth-order valence-corrected chi connectivity index (χ4v) is 5.87. The minimum absolute atomic E-state index is 0.205. The predicted molar refractivity (Wildman–Crippen MR) is 130 cm³/mol. The van der Waals surface area contributed by atoms with Crippen LogP contribution in [0, 0.1) is 5.92 Å². The van der Waals surface area contributed by atoms with Crippen LogP contribution in [0.5, 0.6) is 11.5 Å². The number of aryl methyl sites for hydroxylation is 1. The van der Waals surface area contributed by atoms with Crippen molar-refractivity contribution in [3.63, 3.8) is 0 Å². The highest BCUT2D eigenvalue weighted by Gasteiger charge is 2.27. The van der Waals surface area contributed by atoms with Crippen LogP contribution in [-0.4, -0.2) is 61.4 Å². The van der Waals surface area contributed by atoms with Gasteiger partial charge in [-0.25, -0.2) is 15.0 Å². The lowest BCUT2D eigenvalue weighted by Gasteiger charge is -2.33. The van der Waals surface area contributed by atoms with Gasteiger partial charge in [0, 0.05) is 29.0 Å². The molecule has 12 heteroatoms. The highest BCUT2D eigenvalue weighted by Crippen LogP contribution is 2.43. The van der Waals surface area contributed by atoms with Crippen LogP contribution in [-0.2, 0) is 11.3 Å². The molecule has 4 heterocycles. The van der Waals surface area contributed by atoms with E-state index in [0.717, 1.165) is 33.8 Å². The topological polar surface area (TPSA) is 129 Å². The molecule has 0 aliphatic carbocycles. The molecule has 1 fully saturated rings. The summed E-state index contributed by atoms with van der Waals surface area (Å²) in [5.74, 6) is 1.85. The van der Waals surface area contributed by atoms with Crippen LogP contribution >= 0.6 is 27.7 Å². The van der Waals surface area contributed by atoms with Gasteiger partial charge in [-0.1, -0.05) is 11.8 Å². The number of aliphatic hydroxyl groups is 1. The third kappa shape index (κ3) is 4.53. The van der Waals surface area contributed by atoms with Gasteiger partial charge in [-0.3, -0.25) is 4.79 Å². The number of aromatic nitrogens is 4. The zero-order chi connectivity index (χ0) is 23.8. The van der Waals surface area contributed by atoms with Crippen molar-refractivity contribution in [3.05, 3.63) is 22.9 Å². The SMILES string of the molecule is C[C@H](O)C(=O)N1CCCC(CCn2c(Sc3cc4c(cc3Br)OCO4)nc3c(N)ncnc32)C1. The van der Waals surface area contributed by atoms with Gasteiger partial charge >= 0.3 is 0 Å². The van der Waals surface area contributed by atoms with Crippen molar-refractivity contribution in [2.45, 2.75) is 48.9 Å². The van der Waals surface area contributed by atoms with Gasteiger partial charge in [0.25, 0.3) is 5.91 Å². The van der Waals surface area contributed by atoms with Gasteiger partial charge in [0.2, 0.25) is 6.79 Å². The standard InChI is InChI=1S/C22H25BrN6O4S/c1-12(30)21(31)28-5-2-3-13(9-28)4-6-29-20-18(19(24)25-10-26-20)27-22(29)34-17-8-16-15(7-14(17)23)32-11-33-16/h7-8,10,12-13,30H,2-6,9,11H2,1H3,(H2,24,25,26)/t12-,13?/m0/s1. The molecule has 3 N–H and O–H groups in total. The number of anilines is 1. The maximum atomic E-state index is 12.3. The lowest BCUT2D eigenvalue weighted by atomic mass is 9.94. The number of aliphatic hydroxyl groups excluding tert-OH is 1. The molecule has 1 saturated heterocycles. The molecule has 2 atom stereocenters. The second-order valence-electron chi connectivity index (χ2n) is 8.47. The maximum Gasteiger partial charge on any atom is 0.251 e. The number of fused-ring (bicyclic) bond motifs is 2. The van der Waals surface area contributed by atoms with Gasteiger partial charge in [0.15, 0.2) is 33.6 Å². The van der Waals surface area contributed by atoms with Crippen molar-refractivity contribution in [2.75, 3.05) is 25.6 Å². The van der Waals surface area contributed by atoms with Crippen LogP contribution in [0.1, 0.15) is 26.2 Å². The Hall–Kier alpha value is -2.57. The smallest absolute Gasteiger partial charge is 0.251 e. The van der Waals surface area contributed by atoms with Crippen LogP contribution in [0.15, 0.2) is 33.0 Å². The van der Waals surface area contributed by atoms with E-state index in [1.54, 1.807) is 4.90 Å². The molecule has 5 rings (SSSR count). The molecule has 0 radical (unpaired) electrons. The zero-order valence-electron chi connectivity index (χ0n) is 18.6. The first-order chi connectivity index (χ1) is 16.4. The van der Waals surface area contributed by atoms with Crippen molar-refractivity contribution >= 4 is 50.6 Å². The van der Waals surface area contributed by atoms with Gasteiger partial charge in [-0.15, -0.1) is 0 Å². The molecular weight excluding hydrogens is 524 g/mol. The van der Waals surface area contributed by atoms with Crippen LogP contribution < -0.4 is 15.2 Å². The molecule has 10 nitrogen and oxygen atoms in total. The Morgan fingerprint density at radius 3 is 2.94 bits per heavy atom. The number of amides is 1. The fraction of sp³-hybridized carbons (Fsp3) is 0.455. The number of benzene rings is 1. The Labute approximate surface area is 209 Å². The molecule has 2 aliphatic rings. The van der Waals surface area contributed by atoms with Crippen molar-refractivity contribution in [3.8, 4) is 11.5 Å². The molecule has 34 heavy (non-hydrogen) atoms. The van der Waals surface area contributed by atoms with E-state index in [1.807, 2.05) is 12.1 Å². The van der Waals surface area contributed by atoms with E-state index < -0.39 is 6.10 Å². The molecule has 2 aromatic heterocycles. The van der Waals surface area contributed by atoms with Gasteiger partial charge in [-0.05, 0) is 60.2 Å². The molecule has 0 saturated carbocycles. The van der Waals surface area contributed by atoms with E-state index in [1.165, 1.54) is 25.0 Å². The summed E-state index contributed by atoms with van der Waals surface area (Å²) in [7, 11) is 0. The Morgan fingerprint density at radius 2 is 2.15 bits per heavy atom. The van der Waals surface area contributed by atoms with Crippen LogP contribution in [0.4, 0.5) is 5.82 Å². The maximum absolute atomic E-state index is 12.3. The lowest BCUT2D eigenvalue weighted by molar-refractivity contribution is -0.141. The van der Waals surface area contributed by atoms with Crippen molar-refractivity contribution < 1.29 is 19.4 Å². The lowest BCUT2D eigenvalue weighted by Crippen LogP contribution is -2.44. The number of piperidine rings is 1. The average Bonchev–Trinajstić information content (AvgIpc) is 3.42. The number of hydrogen-bond acceptors (Lipinski definition) is 9. The highest BCUT2D eigenvalue weighted by atomic mass is 79.9. The first-order valence-corrected chi connectivity index (χ1v) is 12.7. The number of halogens is 1. The van der Waals surface area contributed by atoms with E-state index in [-0.39, 0.29) is 12.7 Å². The Bertz CT molecular complexity index is 1240. The molecule has 1 aromatic carbocycles. The first kappa shape index (κ1) is 23.2. The summed E-state index contributed by atoms with van der Waals surface area (Å²) in [5, 5.41) is 10.4. The van der Waals surface area contributed by atoms with Gasteiger partial charge in [-0.2, -0.15) is 0 Å². The molecule has 0 spiro atoms. The van der Waals surface area contributed by atoms with E-state index >= 15 is 0 Å². The van der Waals surface area contributed by atoms with Gasteiger partial charge in [0.05, 0.1) is 0 Å². The second-order valence-corrected chi connectivity index (χ2v) is 10.3. The Morgan fingerprint density at radius 1 is 1.35 bits per heavy atom. The predicted octanol–water partition coefficient (Wildman–Crippen LogP) is 3.06. The van der Waals surface area contributed by atoms with Crippen LogP contribution in [0.25, 0.3) is 11.2 Å². The van der Waals surface area contributed by atoms with Crippen molar-refractivity contribution in [1.29, 1.82) is 0 Å². The van der Waals surface area contributed by atoms with E-state index in [9.17, 15) is 9.90 Å². The van der Waals surface area contributed by atoms with E-state index in [0.29, 0.717) is 54.0 Å². The molecule has 1 unspecified atom stereocenters. The minimum atomic E-state index is -0.973. The number of carbonyl (C=O) groups is 1. The third-order valence-corrected chi connectivity index (χ3v) is 8.07. The average molecular weight is 549 g/mol. The van der Waals surface area contributed by atoms with Crippen molar-refractivity contribution in [1.82, 2.24) is 24.4 Å². The second kappa shape index (κ2) is 9.59. The van der Waals surface area contributed by atoms with E-state index in [2.05, 4.69) is 30.5 Å². The largest absolute Gasteiger partial charge is 0.454 e. The number of nitrogen functional groups attached to an aromatic ring is 1. The molecule has 180 valence electrons. The summed E-state index contributed by atoms with van der Waals surface area (Å²) in [6.07, 6.45) is 3.27. The van der Waals surface area contributed by atoms with Crippen LogP contribution in [0.2, 0.25) is 0 Å². The Balaban J connectivity index is 1.40. The fourth-order valence-electron chi connectivity index (χ4n) is 4.37.